The normalized spacial score (nSPS) is 17.5. The molecule has 0 unspecified atom stereocenters. The van der Waals surface area contributed by atoms with E-state index in [0.717, 1.165) is 0 Å². The molecule has 0 aromatic heterocycles. The molecular formula is C18H10BrClN2O4S. The van der Waals surface area contributed by atoms with E-state index in [2.05, 4.69) is 21.2 Å². The number of ether oxygens (including phenoxy) is 2. The Morgan fingerprint density at radius 3 is 2.67 bits per heavy atom. The summed E-state index contributed by atoms with van der Waals surface area (Å²) in [5.74, 6) is 0.00421. The van der Waals surface area contributed by atoms with Gasteiger partial charge in [0.1, 0.15) is 5.57 Å². The molecule has 2 aromatic rings. The van der Waals surface area contributed by atoms with Crippen LogP contribution in [0.3, 0.4) is 0 Å². The first-order chi connectivity index (χ1) is 12.9. The Morgan fingerprint density at radius 1 is 1.19 bits per heavy atom. The molecule has 27 heavy (non-hydrogen) atoms. The van der Waals surface area contributed by atoms with Crippen molar-refractivity contribution in [2.45, 2.75) is 0 Å². The largest absolute Gasteiger partial charge is 0.454 e. The van der Waals surface area contributed by atoms with Crippen molar-refractivity contribution in [3.63, 3.8) is 0 Å². The molecule has 1 saturated heterocycles. The van der Waals surface area contributed by atoms with Crippen molar-refractivity contribution in [3.8, 4) is 11.5 Å². The fourth-order valence-corrected chi connectivity index (χ4v) is 3.61. The van der Waals surface area contributed by atoms with Gasteiger partial charge in [-0.25, -0.2) is 0 Å². The van der Waals surface area contributed by atoms with Gasteiger partial charge in [-0.3, -0.25) is 19.8 Å². The Kier molecular flexibility index (Phi) is 4.63. The zero-order valence-corrected chi connectivity index (χ0v) is 16.7. The molecule has 1 N–H and O–H groups in total. The molecular weight excluding hydrogens is 456 g/mol. The van der Waals surface area contributed by atoms with Gasteiger partial charge in [0.05, 0.1) is 5.69 Å². The number of thiocarbonyl (C=S) groups is 1. The van der Waals surface area contributed by atoms with Gasteiger partial charge in [-0.1, -0.05) is 33.6 Å². The molecule has 2 amide bonds. The second-order valence-corrected chi connectivity index (χ2v) is 7.34. The summed E-state index contributed by atoms with van der Waals surface area (Å²) in [5.41, 5.74) is 0.993. The number of hydrogen-bond acceptors (Lipinski definition) is 5. The van der Waals surface area contributed by atoms with Gasteiger partial charge in [0.25, 0.3) is 11.8 Å². The van der Waals surface area contributed by atoms with E-state index in [4.69, 9.17) is 33.3 Å². The summed E-state index contributed by atoms with van der Waals surface area (Å²) in [6, 6.07) is 10.1. The van der Waals surface area contributed by atoms with Gasteiger partial charge in [-0.05, 0) is 54.2 Å². The van der Waals surface area contributed by atoms with Crippen LogP contribution in [-0.2, 0) is 9.59 Å². The lowest BCUT2D eigenvalue weighted by Gasteiger charge is -2.29. The molecule has 2 aliphatic heterocycles. The number of fused-ring (bicyclic) bond motifs is 1. The van der Waals surface area contributed by atoms with Gasteiger partial charge < -0.3 is 9.47 Å². The maximum atomic E-state index is 13.0. The van der Waals surface area contributed by atoms with Crippen LogP contribution in [0, 0.1) is 0 Å². The molecule has 2 heterocycles. The molecule has 136 valence electrons. The van der Waals surface area contributed by atoms with Crippen LogP contribution in [0.15, 0.2) is 46.4 Å². The van der Waals surface area contributed by atoms with Crippen molar-refractivity contribution in [1.29, 1.82) is 0 Å². The molecule has 0 spiro atoms. The Bertz CT molecular complexity index is 1040. The first-order valence-electron chi connectivity index (χ1n) is 7.70. The number of amides is 2. The quantitative estimate of drug-likeness (QED) is 0.416. The number of rotatable bonds is 2. The van der Waals surface area contributed by atoms with Crippen LogP contribution in [0.4, 0.5) is 5.69 Å². The van der Waals surface area contributed by atoms with Crippen LogP contribution in [-0.4, -0.2) is 23.7 Å². The molecule has 0 bridgehead atoms. The average molecular weight is 466 g/mol. The standard InChI is InChI=1S/C18H10BrClN2O4S/c19-13-7-15-14(25-8-26-15)5-9(13)4-12-16(23)21-18(27)22(17(12)24)11-3-1-2-10(20)6-11/h1-7H,8H2,(H,21,23,27)/b12-4-. The summed E-state index contributed by atoms with van der Waals surface area (Å²) in [6.07, 6.45) is 1.48. The van der Waals surface area contributed by atoms with Crippen LogP contribution >= 0.6 is 39.7 Å². The highest BCUT2D eigenvalue weighted by Crippen LogP contribution is 2.38. The summed E-state index contributed by atoms with van der Waals surface area (Å²) >= 11 is 14.6. The third-order valence-corrected chi connectivity index (χ3v) is 5.17. The van der Waals surface area contributed by atoms with Crippen LogP contribution in [0.5, 0.6) is 11.5 Å². The molecule has 0 atom stereocenters. The molecule has 2 aromatic carbocycles. The molecule has 9 heteroatoms. The number of anilines is 1. The van der Waals surface area contributed by atoms with Gasteiger partial charge >= 0.3 is 0 Å². The number of nitrogens with zero attached hydrogens (tertiary/aromatic N) is 1. The second kappa shape index (κ2) is 6.95. The number of benzene rings is 2. The SMILES string of the molecule is O=C1NC(=S)N(c2cccc(Cl)c2)C(=O)/C1=C\c1cc2c(cc1Br)OCO2. The lowest BCUT2D eigenvalue weighted by atomic mass is 10.1. The fraction of sp³-hybridized carbons (Fsp3) is 0.0556. The minimum Gasteiger partial charge on any atom is -0.454 e. The van der Waals surface area contributed by atoms with Crippen molar-refractivity contribution >= 4 is 68.4 Å². The average Bonchev–Trinajstić information content (AvgIpc) is 3.05. The number of carbonyl (C=O) groups excluding carboxylic acids is 2. The summed E-state index contributed by atoms with van der Waals surface area (Å²) in [5, 5.41) is 2.98. The third-order valence-electron chi connectivity index (χ3n) is 3.96. The van der Waals surface area contributed by atoms with Crippen molar-refractivity contribution in [2.75, 3.05) is 11.7 Å². The molecule has 6 nitrogen and oxygen atoms in total. The smallest absolute Gasteiger partial charge is 0.270 e. The van der Waals surface area contributed by atoms with Crippen LogP contribution in [0.25, 0.3) is 6.08 Å². The predicted molar refractivity (Wildman–Crippen MR) is 108 cm³/mol. The highest BCUT2D eigenvalue weighted by molar-refractivity contribution is 9.10. The lowest BCUT2D eigenvalue weighted by molar-refractivity contribution is -0.122. The van der Waals surface area contributed by atoms with E-state index >= 15 is 0 Å². The Morgan fingerprint density at radius 2 is 1.93 bits per heavy atom. The molecule has 0 radical (unpaired) electrons. The minimum absolute atomic E-state index is 0.00540. The van der Waals surface area contributed by atoms with Crippen LogP contribution in [0.2, 0.25) is 5.02 Å². The molecule has 2 aliphatic rings. The molecule has 4 rings (SSSR count). The van der Waals surface area contributed by atoms with Gasteiger partial charge in [0, 0.05) is 9.50 Å². The zero-order valence-electron chi connectivity index (χ0n) is 13.5. The number of carbonyl (C=O) groups is 2. The molecule has 1 fully saturated rings. The Balaban J connectivity index is 1.76. The van der Waals surface area contributed by atoms with E-state index in [1.54, 1.807) is 36.4 Å². The van der Waals surface area contributed by atoms with E-state index in [1.807, 2.05) is 0 Å². The van der Waals surface area contributed by atoms with Gasteiger partial charge in [0.2, 0.25) is 6.79 Å². The van der Waals surface area contributed by atoms with E-state index in [1.165, 1.54) is 11.0 Å². The maximum absolute atomic E-state index is 13.0. The second-order valence-electron chi connectivity index (χ2n) is 5.66. The first kappa shape index (κ1) is 18.0. The van der Waals surface area contributed by atoms with E-state index in [0.29, 0.717) is 32.2 Å². The van der Waals surface area contributed by atoms with Gasteiger partial charge in [-0.2, -0.15) is 0 Å². The summed E-state index contributed by atoms with van der Waals surface area (Å²) in [6.45, 7) is 0.123. The number of hydrogen-bond donors (Lipinski definition) is 1. The van der Waals surface area contributed by atoms with Crippen molar-refractivity contribution in [1.82, 2.24) is 5.32 Å². The predicted octanol–water partition coefficient (Wildman–Crippen LogP) is 3.66. The Hall–Kier alpha value is -2.42. The topological polar surface area (TPSA) is 67.9 Å². The van der Waals surface area contributed by atoms with Gasteiger partial charge in [-0.15, -0.1) is 0 Å². The van der Waals surface area contributed by atoms with Crippen LogP contribution < -0.4 is 19.7 Å². The molecule has 0 aliphatic carbocycles. The monoisotopic (exact) mass is 464 g/mol. The number of halogens is 2. The van der Waals surface area contributed by atoms with E-state index < -0.39 is 11.8 Å². The third kappa shape index (κ3) is 3.31. The highest BCUT2D eigenvalue weighted by Gasteiger charge is 2.34. The summed E-state index contributed by atoms with van der Waals surface area (Å²) in [7, 11) is 0. The highest BCUT2D eigenvalue weighted by atomic mass is 79.9. The van der Waals surface area contributed by atoms with E-state index in [-0.39, 0.29) is 17.5 Å². The van der Waals surface area contributed by atoms with Crippen molar-refractivity contribution < 1.29 is 19.1 Å². The number of nitrogens with one attached hydrogen (secondary N) is 1. The van der Waals surface area contributed by atoms with Crippen molar-refractivity contribution in [2.24, 2.45) is 0 Å². The van der Waals surface area contributed by atoms with Gasteiger partial charge in [0.15, 0.2) is 16.6 Å². The van der Waals surface area contributed by atoms with Crippen LogP contribution in [0.1, 0.15) is 5.56 Å². The molecule has 0 saturated carbocycles. The fourth-order valence-electron chi connectivity index (χ4n) is 2.71. The summed E-state index contributed by atoms with van der Waals surface area (Å²) in [4.78, 5) is 26.6. The maximum Gasteiger partial charge on any atom is 0.270 e. The zero-order chi connectivity index (χ0) is 19.1. The summed E-state index contributed by atoms with van der Waals surface area (Å²) < 4.78 is 11.3. The first-order valence-corrected chi connectivity index (χ1v) is 9.28. The Labute approximate surface area is 172 Å². The van der Waals surface area contributed by atoms with Crippen molar-refractivity contribution in [3.05, 3.63) is 57.0 Å². The minimum atomic E-state index is -0.576. The van der Waals surface area contributed by atoms with E-state index in [9.17, 15) is 9.59 Å². The lowest BCUT2D eigenvalue weighted by Crippen LogP contribution is -2.54.